The molecule has 2 aliphatic rings. The minimum absolute atomic E-state index is 0.0240. The van der Waals surface area contributed by atoms with Crippen LogP contribution < -0.4 is 0 Å². The molecule has 2 aromatic carbocycles. The van der Waals surface area contributed by atoms with Crippen LogP contribution in [0.1, 0.15) is 28.5 Å². The van der Waals surface area contributed by atoms with Crippen LogP contribution in [0.25, 0.3) is 0 Å². The van der Waals surface area contributed by atoms with Crippen molar-refractivity contribution in [1.29, 1.82) is 0 Å². The van der Waals surface area contributed by atoms with E-state index in [-0.39, 0.29) is 35.8 Å². The van der Waals surface area contributed by atoms with Crippen molar-refractivity contribution in [3.05, 3.63) is 87.9 Å². The van der Waals surface area contributed by atoms with E-state index in [9.17, 15) is 17.6 Å². The zero-order valence-corrected chi connectivity index (χ0v) is 21.0. The first kappa shape index (κ1) is 24.1. The Morgan fingerprint density at radius 1 is 0.971 bits per heavy atom. The van der Waals surface area contributed by atoms with Crippen molar-refractivity contribution in [3.8, 4) is 0 Å². The lowest BCUT2D eigenvalue weighted by Gasteiger charge is -2.37. The van der Waals surface area contributed by atoms with E-state index in [1.54, 1.807) is 58.7 Å². The van der Waals surface area contributed by atoms with Crippen LogP contribution in [-0.2, 0) is 21.2 Å². The van der Waals surface area contributed by atoms with Gasteiger partial charge < -0.3 is 4.90 Å². The third kappa shape index (κ3) is 5.04. The van der Waals surface area contributed by atoms with Crippen molar-refractivity contribution >= 4 is 27.3 Å². The number of carbonyl (C=O) groups is 1. The molecule has 0 N–H and O–H groups in total. The minimum Gasteiger partial charge on any atom is -0.340 e. The van der Waals surface area contributed by atoms with E-state index in [0.29, 0.717) is 26.1 Å². The second-order valence-electron chi connectivity index (χ2n) is 8.89. The van der Waals surface area contributed by atoms with Crippen molar-refractivity contribution in [3.63, 3.8) is 0 Å². The number of carbonyl (C=O) groups excluding carboxylic acids is 1. The zero-order chi connectivity index (χ0) is 24.4. The number of thiophene rings is 1. The molecule has 0 spiro atoms. The first-order chi connectivity index (χ1) is 16.9. The second-order valence-corrected chi connectivity index (χ2v) is 11.8. The van der Waals surface area contributed by atoms with E-state index in [1.165, 1.54) is 20.8 Å². The van der Waals surface area contributed by atoms with Crippen molar-refractivity contribution in [2.45, 2.75) is 23.8 Å². The summed E-state index contributed by atoms with van der Waals surface area (Å²) in [6, 6.07) is 17.2. The normalized spacial score (nSPS) is 19.5. The van der Waals surface area contributed by atoms with Crippen LogP contribution in [0.5, 0.6) is 0 Å². The summed E-state index contributed by atoms with van der Waals surface area (Å²) in [5.74, 6) is -0.236. The number of benzene rings is 2. The lowest BCUT2D eigenvalue weighted by atomic mass is 9.93. The molecule has 0 aliphatic carbocycles. The van der Waals surface area contributed by atoms with Crippen LogP contribution in [-0.4, -0.2) is 67.7 Å². The van der Waals surface area contributed by atoms with Gasteiger partial charge in [0.05, 0.1) is 10.9 Å². The molecule has 35 heavy (non-hydrogen) atoms. The van der Waals surface area contributed by atoms with E-state index < -0.39 is 10.0 Å². The number of rotatable bonds is 6. The summed E-state index contributed by atoms with van der Waals surface area (Å²) in [4.78, 5) is 18.6. The SMILES string of the molecule is O=C(CCN1CCc2sccc2C1c1cccc(F)c1)N1CCN(S(=O)(=O)c2ccccc2)CC1. The highest BCUT2D eigenvalue weighted by atomic mass is 32.2. The van der Waals surface area contributed by atoms with Crippen LogP contribution in [0.3, 0.4) is 0 Å². The highest BCUT2D eigenvalue weighted by Gasteiger charge is 2.32. The highest BCUT2D eigenvalue weighted by Crippen LogP contribution is 2.38. The van der Waals surface area contributed by atoms with Gasteiger partial charge in [0.2, 0.25) is 15.9 Å². The molecule has 0 bridgehead atoms. The molecule has 5 rings (SSSR count). The van der Waals surface area contributed by atoms with E-state index in [0.717, 1.165) is 18.5 Å². The molecule has 1 atom stereocenters. The Hall–Kier alpha value is -2.59. The number of nitrogens with zero attached hydrogens (tertiary/aromatic N) is 3. The second kappa shape index (κ2) is 10.2. The molecule has 3 aromatic rings. The average Bonchev–Trinajstić information content (AvgIpc) is 3.36. The minimum atomic E-state index is -3.55. The molecule has 6 nitrogen and oxygen atoms in total. The number of sulfonamides is 1. The maximum Gasteiger partial charge on any atom is 0.243 e. The van der Waals surface area contributed by atoms with Crippen molar-refractivity contribution < 1.29 is 17.6 Å². The Kier molecular flexibility index (Phi) is 7.02. The first-order valence-corrected chi connectivity index (χ1v) is 14.1. The van der Waals surface area contributed by atoms with Crippen LogP contribution in [0.15, 0.2) is 70.9 Å². The van der Waals surface area contributed by atoms with E-state index in [4.69, 9.17) is 0 Å². The van der Waals surface area contributed by atoms with Gasteiger partial charge in [-0.25, -0.2) is 12.8 Å². The fourth-order valence-corrected chi connectivity index (χ4v) is 7.34. The Morgan fingerprint density at radius 3 is 2.49 bits per heavy atom. The Bertz CT molecular complexity index is 1290. The molecule has 0 saturated carbocycles. The van der Waals surface area contributed by atoms with Gasteiger partial charge in [-0.05, 0) is 53.3 Å². The third-order valence-corrected chi connectivity index (χ3v) is 9.72. The number of halogens is 1. The van der Waals surface area contributed by atoms with E-state index in [2.05, 4.69) is 16.3 Å². The maximum atomic E-state index is 14.0. The van der Waals surface area contributed by atoms with Gasteiger partial charge in [0, 0.05) is 50.6 Å². The van der Waals surface area contributed by atoms with Crippen LogP contribution >= 0.6 is 11.3 Å². The van der Waals surface area contributed by atoms with Gasteiger partial charge in [0.1, 0.15) is 5.82 Å². The molecular weight excluding hydrogens is 485 g/mol. The summed E-state index contributed by atoms with van der Waals surface area (Å²) in [5.41, 5.74) is 2.09. The molecule has 184 valence electrons. The predicted molar refractivity (Wildman–Crippen MR) is 134 cm³/mol. The van der Waals surface area contributed by atoms with Crippen LogP contribution in [0, 0.1) is 5.82 Å². The summed E-state index contributed by atoms with van der Waals surface area (Å²) in [6.45, 7) is 2.72. The number of amides is 1. The van der Waals surface area contributed by atoms with Crippen LogP contribution in [0.4, 0.5) is 4.39 Å². The Balaban J connectivity index is 1.22. The molecule has 1 saturated heterocycles. The number of hydrogen-bond donors (Lipinski definition) is 0. The smallest absolute Gasteiger partial charge is 0.243 e. The Labute approximate surface area is 209 Å². The summed E-state index contributed by atoms with van der Waals surface area (Å²) in [7, 11) is -3.55. The zero-order valence-electron chi connectivity index (χ0n) is 19.3. The number of fused-ring (bicyclic) bond motifs is 1. The van der Waals surface area contributed by atoms with Crippen molar-refractivity contribution in [2.24, 2.45) is 0 Å². The standard InChI is InChI=1S/C26H28FN3O3S2/c27-21-6-4-5-20(19-21)26-23-11-18-34-24(23)9-12-29(26)13-10-25(31)28-14-16-30(17-15-28)35(32,33)22-7-2-1-3-8-22/h1-8,11,18-19,26H,9-10,12-17H2. The van der Waals surface area contributed by atoms with E-state index >= 15 is 0 Å². The molecule has 3 heterocycles. The molecule has 1 aromatic heterocycles. The first-order valence-electron chi connectivity index (χ1n) is 11.8. The predicted octanol–water partition coefficient (Wildman–Crippen LogP) is 3.76. The molecule has 2 aliphatic heterocycles. The summed E-state index contributed by atoms with van der Waals surface area (Å²) >= 11 is 1.73. The van der Waals surface area contributed by atoms with Gasteiger partial charge in [-0.3, -0.25) is 9.69 Å². The third-order valence-electron chi connectivity index (χ3n) is 6.82. The monoisotopic (exact) mass is 513 g/mol. The van der Waals surface area contributed by atoms with E-state index in [1.807, 2.05) is 6.07 Å². The maximum absolute atomic E-state index is 14.0. The highest BCUT2D eigenvalue weighted by molar-refractivity contribution is 7.89. The van der Waals surface area contributed by atoms with Crippen molar-refractivity contribution in [1.82, 2.24) is 14.1 Å². The fourth-order valence-electron chi connectivity index (χ4n) is 4.99. The molecule has 1 unspecified atom stereocenters. The molecule has 0 radical (unpaired) electrons. The van der Waals surface area contributed by atoms with Gasteiger partial charge in [-0.1, -0.05) is 30.3 Å². The van der Waals surface area contributed by atoms with Gasteiger partial charge >= 0.3 is 0 Å². The summed E-state index contributed by atoms with van der Waals surface area (Å²) < 4.78 is 41.2. The lowest BCUT2D eigenvalue weighted by molar-refractivity contribution is -0.132. The fraction of sp³-hybridized carbons (Fsp3) is 0.346. The summed E-state index contributed by atoms with van der Waals surface area (Å²) in [5, 5.41) is 2.08. The van der Waals surface area contributed by atoms with Gasteiger partial charge in [-0.15, -0.1) is 11.3 Å². The van der Waals surface area contributed by atoms with Gasteiger partial charge in [-0.2, -0.15) is 4.31 Å². The topological polar surface area (TPSA) is 60.9 Å². The molecular formula is C26H28FN3O3S2. The number of hydrogen-bond acceptors (Lipinski definition) is 5. The van der Waals surface area contributed by atoms with Gasteiger partial charge in [0.15, 0.2) is 0 Å². The Morgan fingerprint density at radius 2 is 1.74 bits per heavy atom. The van der Waals surface area contributed by atoms with Gasteiger partial charge in [0.25, 0.3) is 0 Å². The van der Waals surface area contributed by atoms with Crippen LogP contribution in [0.2, 0.25) is 0 Å². The molecule has 9 heteroatoms. The largest absolute Gasteiger partial charge is 0.340 e. The average molecular weight is 514 g/mol. The molecule has 1 amide bonds. The lowest BCUT2D eigenvalue weighted by Crippen LogP contribution is -2.51. The summed E-state index contributed by atoms with van der Waals surface area (Å²) in [6.07, 6.45) is 1.26. The van der Waals surface area contributed by atoms with Crippen molar-refractivity contribution in [2.75, 3.05) is 39.3 Å². The number of piperazine rings is 1. The molecule has 1 fully saturated rings. The quantitative estimate of drug-likeness (QED) is 0.504.